The van der Waals surface area contributed by atoms with Gasteiger partial charge in [0.15, 0.2) is 6.04 Å². The van der Waals surface area contributed by atoms with Crippen molar-refractivity contribution in [2.45, 2.75) is 44.6 Å². The molecule has 1 atom stereocenters. The van der Waals surface area contributed by atoms with E-state index in [1.165, 1.54) is 12.1 Å². The number of hydrogen-bond donors (Lipinski definition) is 1. The highest BCUT2D eigenvalue weighted by Gasteiger charge is 2.35. The van der Waals surface area contributed by atoms with Gasteiger partial charge in [0.2, 0.25) is 5.28 Å². The van der Waals surface area contributed by atoms with E-state index >= 15 is 0 Å². The Morgan fingerprint density at radius 1 is 1.45 bits per heavy atom. The molecule has 0 aromatic heterocycles. The van der Waals surface area contributed by atoms with Gasteiger partial charge in [0.25, 0.3) is 0 Å². The van der Waals surface area contributed by atoms with Gasteiger partial charge in [-0.05, 0) is 38.5 Å². The molecule has 1 fully saturated rings. The highest BCUT2D eigenvalue weighted by Crippen LogP contribution is 2.18. The summed E-state index contributed by atoms with van der Waals surface area (Å²) in [6.45, 7) is 0.926. The van der Waals surface area contributed by atoms with Gasteiger partial charge in [-0.2, -0.15) is 0 Å². The molecule has 0 aliphatic carbocycles. The minimum atomic E-state index is -0.590. The van der Waals surface area contributed by atoms with Crippen LogP contribution in [-0.2, 0) is 14.4 Å². The molecule has 1 heterocycles. The first-order valence-corrected chi connectivity index (χ1v) is 6.96. The van der Waals surface area contributed by atoms with Gasteiger partial charge in [0, 0.05) is 6.61 Å². The quantitative estimate of drug-likeness (QED) is 0.235. The normalized spacial score (nSPS) is 19.8. The van der Waals surface area contributed by atoms with Crippen molar-refractivity contribution in [2.75, 3.05) is 26.9 Å². The number of ether oxygens (including phenoxy) is 1. The van der Waals surface area contributed by atoms with E-state index in [-0.39, 0.29) is 6.61 Å². The Hall–Kier alpha value is -1.57. The third-order valence-electron chi connectivity index (χ3n) is 3.19. The van der Waals surface area contributed by atoms with Crippen LogP contribution in [0.4, 0.5) is 0 Å². The van der Waals surface area contributed by atoms with Crippen LogP contribution in [0.5, 0.6) is 0 Å². The van der Waals surface area contributed by atoms with Crippen LogP contribution >= 0.6 is 0 Å². The van der Waals surface area contributed by atoms with Crippen molar-refractivity contribution >= 4 is 5.97 Å². The van der Waals surface area contributed by atoms with E-state index in [0.717, 1.165) is 25.7 Å². The summed E-state index contributed by atoms with van der Waals surface area (Å²) in [5.41, 5.74) is 0. The van der Waals surface area contributed by atoms with Crippen molar-refractivity contribution in [3.63, 3.8) is 0 Å². The Morgan fingerprint density at radius 3 is 2.95 bits per heavy atom. The summed E-state index contributed by atoms with van der Waals surface area (Å²) in [4.78, 5) is 16.9. The number of rotatable bonds is 8. The average Bonchev–Trinajstić information content (AvgIpc) is 2.49. The molecule has 1 unspecified atom stereocenters. The number of esters is 1. The SMILES string of the molecule is COC(=O)C1CCCCN1/[N+]([O-])=N/OCCCCCO. The van der Waals surface area contributed by atoms with Gasteiger partial charge in [-0.3, -0.25) is 0 Å². The number of nitrogens with zero attached hydrogens (tertiary/aromatic N) is 3. The molecule has 116 valence electrons. The first kappa shape index (κ1) is 16.5. The van der Waals surface area contributed by atoms with E-state index in [9.17, 15) is 10.0 Å². The van der Waals surface area contributed by atoms with Crippen LogP contribution in [-0.4, -0.2) is 54.0 Å². The van der Waals surface area contributed by atoms with E-state index in [2.05, 4.69) is 10.0 Å². The summed E-state index contributed by atoms with van der Waals surface area (Å²) in [7, 11) is 1.30. The summed E-state index contributed by atoms with van der Waals surface area (Å²) in [6.07, 6.45) is 4.54. The highest BCUT2D eigenvalue weighted by atomic mass is 16.7. The highest BCUT2D eigenvalue weighted by molar-refractivity contribution is 5.75. The second kappa shape index (κ2) is 9.35. The van der Waals surface area contributed by atoms with Gasteiger partial charge in [-0.1, -0.05) is 0 Å². The third-order valence-corrected chi connectivity index (χ3v) is 3.19. The van der Waals surface area contributed by atoms with Crippen molar-refractivity contribution in [1.29, 1.82) is 0 Å². The summed E-state index contributed by atoms with van der Waals surface area (Å²) in [5, 5.41) is 25.2. The van der Waals surface area contributed by atoms with Crippen LogP contribution in [0.25, 0.3) is 0 Å². The van der Waals surface area contributed by atoms with Crippen molar-refractivity contribution in [3.05, 3.63) is 5.21 Å². The summed E-state index contributed by atoms with van der Waals surface area (Å²) < 4.78 is 4.69. The summed E-state index contributed by atoms with van der Waals surface area (Å²) in [5.74, 6) is -0.427. The molecule has 0 aromatic carbocycles. The minimum Gasteiger partial charge on any atom is -0.569 e. The first-order valence-electron chi connectivity index (χ1n) is 6.96. The largest absolute Gasteiger partial charge is 0.569 e. The molecule has 20 heavy (non-hydrogen) atoms. The zero-order valence-electron chi connectivity index (χ0n) is 11.9. The molecule has 8 heteroatoms. The van der Waals surface area contributed by atoms with Crippen molar-refractivity contribution in [3.8, 4) is 0 Å². The Bertz CT molecular complexity index is 324. The fourth-order valence-electron chi connectivity index (χ4n) is 2.09. The number of aliphatic hydroxyl groups excluding tert-OH is 1. The molecule has 0 spiro atoms. The standard InChI is InChI=1S/C12H23N3O5/c1-19-12(17)11-7-3-4-8-14(11)15(18)13-20-10-6-2-5-9-16/h11,16H,2-10H2,1H3/b15-13-. The maximum Gasteiger partial charge on any atom is 0.334 e. The molecule has 0 aromatic rings. The number of methoxy groups -OCH3 is 1. The van der Waals surface area contributed by atoms with Crippen molar-refractivity contribution in [2.24, 2.45) is 5.28 Å². The summed E-state index contributed by atoms with van der Waals surface area (Å²) in [6, 6.07) is -0.590. The number of hydrazine groups is 1. The molecule has 1 aliphatic rings. The van der Waals surface area contributed by atoms with E-state index in [1.54, 1.807) is 0 Å². The van der Waals surface area contributed by atoms with Crippen LogP contribution in [0.15, 0.2) is 5.28 Å². The first-order chi connectivity index (χ1) is 9.70. The fraction of sp³-hybridized carbons (Fsp3) is 0.917. The summed E-state index contributed by atoms with van der Waals surface area (Å²) >= 11 is 0. The molecule has 1 rings (SSSR count). The van der Waals surface area contributed by atoms with E-state index in [1.807, 2.05) is 0 Å². The molecule has 1 aliphatic heterocycles. The second-order valence-electron chi connectivity index (χ2n) is 4.65. The predicted molar refractivity (Wildman–Crippen MR) is 69.3 cm³/mol. The van der Waals surface area contributed by atoms with Crippen LogP contribution in [0.2, 0.25) is 0 Å². The molecule has 1 saturated heterocycles. The Balaban J connectivity index is 2.41. The number of carbonyl (C=O) groups is 1. The molecular weight excluding hydrogens is 266 g/mol. The lowest BCUT2D eigenvalue weighted by Crippen LogP contribution is -2.48. The number of hydrogen-bond acceptors (Lipinski definition) is 6. The molecule has 0 amide bonds. The van der Waals surface area contributed by atoms with Gasteiger partial charge in [-0.25, -0.2) is 4.79 Å². The zero-order chi connectivity index (χ0) is 14.8. The smallest absolute Gasteiger partial charge is 0.334 e. The molecule has 0 radical (unpaired) electrons. The van der Waals surface area contributed by atoms with Gasteiger partial charge < -0.3 is 19.9 Å². The molecule has 8 nitrogen and oxygen atoms in total. The van der Waals surface area contributed by atoms with Crippen LogP contribution < -0.4 is 0 Å². The fourth-order valence-corrected chi connectivity index (χ4v) is 2.09. The maximum absolute atomic E-state index is 11.8. The van der Waals surface area contributed by atoms with Crippen LogP contribution in [0.3, 0.4) is 0 Å². The second-order valence-corrected chi connectivity index (χ2v) is 4.65. The molecule has 0 saturated carbocycles. The predicted octanol–water partition coefficient (Wildman–Crippen LogP) is 0.986. The number of piperidine rings is 1. The average molecular weight is 289 g/mol. The Kier molecular flexibility index (Phi) is 7.71. The number of unbranched alkanes of at least 4 members (excludes halogenated alkanes) is 2. The number of aliphatic hydroxyl groups is 1. The Labute approximate surface area is 118 Å². The molecule has 1 N–H and O–H groups in total. The van der Waals surface area contributed by atoms with Crippen LogP contribution in [0, 0.1) is 5.21 Å². The maximum atomic E-state index is 11.8. The molecular formula is C12H23N3O5. The van der Waals surface area contributed by atoms with Gasteiger partial charge in [0.1, 0.15) is 6.61 Å². The lowest BCUT2D eigenvalue weighted by Gasteiger charge is -2.28. The van der Waals surface area contributed by atoms with E-state index < -0.39 is 12.0 Å². The van der Waals surface area contributed by atoms with E-state index in [0.29, 0.717) is 31.0 Å². The monoisotopic (exact) mass is 289 g/mol. The van der Waals surface area contributed by atoms with Crippen molar-refractivity contribution in [1.82, 2.24) is 5.01 Å². The lowest BCUT2D eigenvalue weighted by atomic mass is 10.0. The van der Waals surface area contributed by atoms with Gasteiger partial charge >= 0.3 is 5.97 Å². The molecule has 0 bridgehead atoms. The zero-order valence-corrected chi connectivity index (χ0v) is 11.9. The van der Waals surface area contributed by atoms with Crippen molar-refractivity contribution < 1.29 is 24.4 Å². The van der Waals surface area contributed by atoms with E-state index in [4.69, 9.17) is 9.94 Å². The Morgan fingerprint density at radius 2 is 2.25 bits per heavy atom. The minimum absolute atomic E-state index is 0.152. The topological polar surface area (TPSA) is 97.4 Å². The third kappa shape index (κ3) is 5.20. The van der Waals surface area contributed by atoms with Gasteiger partial charge in [0.05, 0.1) is 18.6 Å². The van der Waals surface area contributed by atoms with Gasteiger partial charge in [-0.15, -0.1) is 5.01 Å². The van der Waals surface area contributed by atoms with Crippen LogP contribution in [0.1, 0.15) is 38.5 Å². The lowest BCUT2D eigenvalue weighted by molar-refractivity contribution is -0.717. The number of carbonyl (C=O) groups excluding carboxylic acids is 1.